The van der Waals surface area contributed by atoms with Crippen LogP contribution in [0.5, 0.6) is 11.8 Å². The van der Waals surface area contributed by atoms with Crippen LogP contribution >= 0.6 is 0 Å². The van der Waals surface area contributed by atoms with E-state index in [-0.39, 0.29) is 17.3 Å². The second kappa shape index (κ2) is 8.90. The van der Waals surface area contributed by atoms with Crippen molar-refractivity contribution >= 4 is 11.7 Å². The van der Waals surface area contributed by atoms with Gasteiger partial charge in [-0.25, -0.2) is 19.9 Å². The van der Waals surface area contributed by atoms with E-state index in [2.05, 4.69) is 16.9 Å². The zero-order chi connectivity index (χ0) is 22.7. The second-order valence-electron chi connectivity index (χ2n) is 8.64. The standard InChI is InChI=1S/C24H28N6O2/c1-17-14-20(29(3)4)28-22(27-17)24(2)10-6-13-30(16-24)21(31)18-8-5-9-19(15-18)32-23-25-11-7-12-26-23/h5,7-9,11-12,14-15H,6,10,13,16H2,1-4H3. The Kier molecular flexibility index (Phi) is 6.03. The molecule has 8 nitrogen and oxygen atoms in total. The summed E-state index contributed by atoms with van der Waals surface area (Å²) in [7, 11) is 3.94. The number of benzene rings is 1. The van der Waals surface area contributed by atoms with Crippen molar-refractivity contribution in [3.05, 3.63) is 65.9 Å². The van der Waals surface area contributed by atoms with E-state index in [1.807, 2.05) is 43.0 Å². The Hall–Kier alpha value is -3.55. The van der Waals surface area contributed by atoms with Crippen LogP contribution in [-0.4, -0.2) is 57.9 Å². The van der Waals surface area contributed by atoms with Gasteiger partial charge in [0, 0.05) is 62.3 Å². The molecule has 1 atom stereocenters. The minimum atomic E-state index is -0.309. The molecule has 8 heteroatoms. The van der Waals surface area contributed by atoms with E-state index in [1.54, 1.807) is 36.7 Å². The summed E-state index contributed by atoms with van der Waals surface area (Å²) in [6.45, 7) is 5.39. The number of carbonyl (C=O) groups excluding carboxylic acids is 1. The Morgan fingerprint density at radius 3 is 2.66 bits per heavy atom. The fraction of sp³-hybridized carbons (Fsp3) is 0.375. The lowest BCUT2D eigenvalue weighted by Crippen LogP contribution is -2.48. The highest BCUT2D eigenvalue weighted by molar-refractivity contribution is 5.94. The normalized spacial score (nSPS) is 18.3. The number of likely N-dealkylation sites (tertiary alicyclic amines) is 1. The fourth-order valence-electron chi connectivity index (χ4n) is 3.96. The van der Waals surface area contributed by atoms with Gasteiger partial charge < -0.3 is 14.5 Å². The van der Waals surface area contributed by atoms with Crippen LogP contribution in [0.15, 0.2) is 48.8 Å². The predicted octanol–water partition coefficient (Wildman–Crippen LogP) is 3.63. The lowest BCUT2D eigenvalue weighted by molar-refractivity contribution is 0.0644. The van der Waals surface area contributed by atoms with Crippen molar-refractivity contribution in [1.29, 1.82) is 0 Å². The monoisotopic (exact) mass is 432 g/mol. The first kappa shape index (κ1) is 21.7. The summed E-state index contributed by atoms with van der Waals surface area (Å²) >= 11 is 0. The molecule has 0 N–H and O–H groups in total. The molecule has 0 radical (unpaired) electrons. The summed E-state index contributed by atoms with van der Waals surface area (Å²) in [4.78, 5) is 34.9. The van der Waals surface area contributed by atoms with Gasteiger partial charge in [-0.2, -0.15) is 0 Å². The van der Waals surface area contributed by atoms with E-state index in [0.29, 0.717) is 24.4 Å². The molecule has 0 spiro atoms. The quantitative estimate of drug-likeness (QED) is 0.609. The van der Waals surface area contributed by atoms with Gasteiger partial charge in [0.05, 0.1) is 0 Å². The average Bonchev–Trinajstić information content (AvgIpc) is 2.79. The third-order valence-corrected chi connectivity index (χ3v) is 5.65. The van der Waals surface area contributed by atoms with Crippen LogP contribution in [0.25, 0.3) is 0 Å². The number of amides is 1. The minimum Gasteiger partial charge on any atom is -0.424 e. The lowest BCUT2D eigenvalue weighted by atomic mass is 9.80. The van der Waals surface area contributed by atoms with Crippen LogP contribution in [-0.2, 0) is 5.41 Å². The zero-order valence-electron chi connectivity index (χ0n) is 18.9. The average molecular weight is 433 g/mol. The van der Waals surface area contributed by atoms with Gasteiger partial charge in [0.25, 0.3) is 5.91 Å². The first-order valence-electron chi connectivity index (χ1n) is 10.7. The Morgan fingerprint density at radius 1 is 1.12 bits per heavy atom. The molecule has 0 saturated carbocycles. The van der Waals surface area contributed by atoms with Crippen LogP contribution in [0, 0.1) is 6.92 Å². The fourth-order valence-corrected chi connectivity index (χ4v) is 3.96. The van der Waals surface area contributed by atoms with Crippen molar-refractivity contribution in [2.45, 2.75) is 32.1 Å². The van der Waals surface area contributed by atoms with Crippen LogP contribution < -0.4 is 9.64 Å². The molecule has 1 aromatic carbocycles. The molecular formula is C24H28N6O2. The van der Waals surface area contributed by atoms with Gasteiger partial charge >= 0.3 is 6.01 Å². The van der Waals surface area contributed by atoms with Crippen molar-refractivity contribution < 1.29 is 9.53 Å². The number of aromatic nitrogens is 4. The molecule has 166 valence electrons. The molecule has 3 aromatic rings. The molecule has 32 heavy (non-hydrogen) atoms. The van der Waals surface area contributed by atoms with Crippen LogP contribution in [0.4, 0.5) is 5.82 Å². The number of nitrogens with zero attached hydrogens (tertiary/aromatic N) is 6. The molecule has 1 aliphatic rings. The molecule has 1 amide bonds. The van der Waals surface area contributed by atoms with Crippen LogP contribution in [0.3, 0.4) is 0 Å². The summed E-state index contributed by atoms with van der Waals surface area (Å²) in [5, 5.41) is 0. The number of rotatable bonds is 5. The largest absolute Gasteiger partial charge is 0.424 e. The Balaban J connectivity index is 1.55. The molecule has 4 rings (SSSR count). The van der Waals surface area contributed by atoms with E-state index < -0.39 is 0 Å². The summed E-state index contributed by atoms with van der Waals surface area (Å²) in [5.74, 6) is 2.16. The molecule has 1 aliphatic heterocycles. The minimum absolute atomic E-state index is 0.0316. The summed E-state index contributed by atoms with van der Waals surface area (Å²) in [6, 6.07) is 11.1. The molecule has 0 bridgehead atoms. The molecule has 1 saturated heterocycles. The van der Waals surface area contributed by atoms with E-state index in [0.717, 1.165) is 30.2 Å². The van der Waals surface area contributed by atoms with E-state index in [4.69, 9.17) is 14.7 Å². The van der Waals surface area contributed by atoms with Crippen LogP contribution in [0.1, 0.15) is 41.6 Å². The Morgan fingerprint density at radius 2 is 1.91 bits per heavy atom. The van der Waals surface area contributed by atoms with Gasteiger partial charge in [-0.1, -0.05) is 13.0 Å². The highest BCUT2D eigenvalue weighted by Crippen LogP contribution is 2.33. The number of aryl methyl sites for hydroxylation is 1. The third kappa shape index (κ3) is 4.69. The van der Waals surface area contributed by atoms with E-state index >= 15 is 0 Å². The highest BCUT2D eigenvalue weighted by Gasteiger charge is 2.37. The van der Waals surface area contributed by atoms with Crippen molar-refractivity contribution in [2.75, 3.05) is 32.1 Å². The number of anilines is 1. The third-order valence-electron chi connectivity index (χ3n) is 5.65. The maximum atomic E-state index is 13.4. The molecule has 2 aromatic heterocycles. The number of ether oxygens (including phenoxy) is 1. The molecule has 1 unspecified atom stereocenters. The SMILES string of the molecule is Cc1cc(N(C)C)nc(C2(C)CCCN(C(=O)c3cccc(Oc4ncccn4)c3)C2)n1. The number of piperidine rings is 1. The molecule has 0 aliphatic carbocycles. The second-order valence-corrected chi connectivity index (χ2v) is 8.64. The van der Waals surface area contributed by atoms with Gasteiger partial charge in [0.15, 0.2) is 0 Å². The van der Waals surface area contributed by atoms with E-state index in [1.165, 1.54) is 0 Å². The number of hydrogen-bond acceptors (Lipinski definition) is 7. The summed E-state index contributed by atoms with van der Waals surface area (Å²) < 4.78 is 5.70. The number of hydrogen-bond donors (Lipinski definition) is 0. The van der Waals surface area contributed by atoms with Gasteiger partial charge in [-0.3, -0.25) is 4.79 Å². The van der Waals surface area contributed by atoms with Gasteiger partial charge in [-0.15, -0.1) is 0 Å². The van der Waals surface area contributed by atoms with Crippen LogP contribution in [0.2, 0.25) is 0 Å². The van der Waals surface area contributed by atoms with Crippen molar-refractivity contribution in [2.24, 2.45) is 0 Å². The first-order valence-corrected chi connectivity index (χ1v) is 10.7. The van der Waals surface area contributed by atoms with Crippen molar-refractivity contribution in [3.8, 4) is 11.8 Å². The Bertz CT molecular complexity index is 1100. The summed E-state index contributed by atoms with van der Waals surface area (Å²) in [6.07, 6.45) is 5.05. The lowest BCUT2D eigenvalue weighted by Gasteiger charge is -2.39. The topological polar surface area (TPSA) is 84.3 Å². The van der Waals surface area contributed by atoms with Gasteiger partial charge in [0.2, 0.25) is 0 Å². The van der Waals surface area contributed by atoms with Gasteiger partial charge in [0.1, 0.15) is 17.4 Å². The highest BCUT2D eigenvalue weighted by atomic mass is 16.5. The summed E-state index contributed by atoms with van der Waals surface area (Å²) in [5.41, 5.74) is 1.19. The predicted molar refractivity (Wildman–Crippen MR) is 122 cm³/mol. The number of carbonyl (C=O) groups is 1. The first-order chi connectivity index (χ1) is 15.3. The maximum absolute atomic E-state index is 13.4. The smallest absolute Gasteiger partial charge is 0.321 e. The maximum Gasteiger partial charge on any atom is 0.321 e. The molecule has 3 heterocycles. The van der Waals surface area contributed by atoms with E-state index in [9.17, 15) is 4.79 Å². The molecular weight excluding hydrogens is 404 g/mol. The zero-order valence-corrected chi connectivity index (χ0v) is 18.9. The Labute approximate surface area is 188 Å². The van der Waals surface area contributed by atoms with Crippen molar-refractivity contribution in [3.63, 3.8) is 0 Å². The molecule has 1 fully saturated rings. The van der Waals surface area contributed by atoms with Gasteiger partial charge in [-0.05, 0) is 44.0 Å². The van der Waals surface area contributed by atoms with Crippen molar-refractivity contribution in [1.82, 2.24) is 24.8 Å².